The van der Waals surface area contributed by atoms with Crippen molar-refractivity contribution in [3.05, 3.63) is 24.3 Å². The standard InChI is InChI=1S/C13H16O3/c1-8(14)16-7-13-5-4-11(15)12(13)9-2-3-10(13)6-9/h2-5,9-12,15H,6-7H2,1H3/t9?,10?,11?,12?,13-/m1/s1. The molecule has 5 atom stereocenters. The number of esters is 1. The molecule has 0 radical (unpaired) electrons. The summed E-state index contributed by atoms with van der Waals surface area (Å²) in [6.07, 6.45) is 9.06. The third-order valence-electron chi connectivity index (χ3n) is 4.39. The fourth-order valence-electron chi connectivity index (χ4n) is 3.72. The Kier molecular flexibility index (Phi) is 2.02. The number of carbonyl (C=O) groups is 1. The summed E-state index contributed by atoms with van der Waals surface area (Å²) in [5.74, 6) is 0.845. The summed E-state index contributed by atoms with van der Waals surface area (Å²) in [5.41, 5.74) is -0.134. The summed E-state index contributed by atoms with van der Waals surface area (Å²) < 4.78 is 5.20. The second kappa shape index (κ2) is 3.20. The third kappa shape index (κ3) is 1.15. The van der Waals surface area contributed by atoms with Gasteiger partial charge in [0.1, 0.15) is 6.61 Å². The van der Waals surface area contributed by atoms with Crippen molar-refractivity contribution in [2.24, 2.45) is 23.2 Å². The Balaban J connectivity index is 1.89. The minimum absolute atomic E-state index is 0.134. The molecule has 1 saturated carbocycles. The van der Waals surface area contributed by atoms with Crippen molar-refractivity contribution in [2.45, 2.75) is 19.4 Å². The van der Waals surface area contributed by atoms with Gasteiger partial charge in [-0.05, 0) is 18.3 Å². The number of hydrogen-bond acceptors (Lipinski definition) is 3. The molecule has 0 aromatic heterocycles. The predicted molar refractivity (Wildman–Crippen MR) is 58.4 cm³/mol. The monoisotopic (exact) mass is 220 g/mol. The average Bonchev–Trinajstić information content (AvgIpc) is 2.88. The highest BCUT2D eigenvalue weighted by molar-refractivity contribution is 5.66. The third-order valence-corrected chi connectivity index (χ3v) is 4.39. The second-order valence-electron chi connectivity index (χ2n) is 5.16. The van der Waals surface area contributed by atoms with Gasteiger partial charge in [-0.15, -0.1) is 0 Å². The van der Waals surface area contributed by atoms with Gasteiger partial charge in [0.05, 0.1) is 6.10 Å². The molecule has 1 N–H and O–H groups in total. The number of ether oxygens (including phenoxy) is 1. The summed E-state index contributed by atoms with van der Waals surface area (Å²) in [6.45, 7) is 1.84. The van der Waals surface area contributed by atoms with Crippen molar-refractivity contribution < 1.29 is 14.6 Å². The molecule has 3 nitrogen and oxygen atoms in total. The molecule has 16 heavy (non-hydrogen) atoms. The van der Waals surface area contributed by atoms with Crippen molar-refractivity contribution in [1.82, 2.24) is 0 Å². The normalized spacial score (nSPS) is 47.4. The quantitative estimate of drug-likeness (QED) is 0.563. The molecule has 0 aromatic carbocycles. The first-order valence-electron chi connectivity index (χ1n) is 5.82. The van der Waals surface area contributed by atoms with Crippen LogP contribution in [0.25, 0.3) is 0 Å². The Morgan fingerprint density at radius 3 is 3.06 bits per heavy atom. The summed E-state index contributed by atoms with van der Waals surface area (Å²) in [4.78, 5) is 10.9. The Hall–Kier alpha value is -1.09. The molecule has 4 unspecified atom stereocenters. The van der Waals surface area contributed by atoms with E-state index >= 15 is 0 Å². The van der Waals surface area contributed by atoms with Gasteiger partial charge in [0.2, 0.25) is 0 Å². The largest absolute Gasteiger partial charge is 0.465 e. The van der Waals surface area contributed by atoms with E-state index in [1.54, 1.807) is 0 Å². The first-order chi connectivity index (χ1) is 7.63. The van der Waals surface area contributed by atoms with Crippen molar-refractivity contribution in [1.29, 1.82) is 0 Å². The van der Waals surface area contributed by atoms with Crippen LogP contribution < -0.4 is 0 Å². The molecule has 3 aliphatic rings. The van der Waals surface area contributed by atoms with Gasteiger partial charge in [-0.25, -0.2) is 0 Å². The molecule has 2 bridgehead atoms. The van der Waals surface area contributed by atoms with Crippen LogP contribution in [0.4, 0.5) is 0 Å². The molecule has 86 valence electrons. The average molecular weight is 220 g/mol. The highest BCUT2D eigenvalue weighted by atomic mass is 16.5. The van der Waals surface area contributed by atoms with E-state index in [9.17, 15) is 9.90 Å². The van der Waals surface area contributed by atoms with E-state index in [-0.39, 0.29) is 23.4 Å². The number of rotatable bonds is 2. The van der Waals surface area contributed by atoms with Gasteiger partial charge in [-0.2, -0.15) is 0 Å². The lowest BCUT2D eigenvalue weighted by Gasteiger charge is -2.36. The maximum Gasteiger partial charge on any atom is 0.302 e. The molecule has 0 amide bonds. The number of fused-ring (bicyclic) bond motifs is 5. The Morgan fingerprint density at radius 1 is 1.50 bits per heavy atom. The zero-order valence-electron chi connectivity index (χ0n) is 9.30. The van der Waals surface area contributed by atoms with Gasteiger partial charge >= 0.3 is 5.97 Å². The van der Waals surface area contributed by atoms with Crippen LogP contribution in [0.3, 0.4) is 0 Å². The number of aliphatic hydroxyl groups excluding tert-OH is 1. The number of hydrogen-bond donors (Lipinski definition) is 1. The fourth-order valence-corrected chi connectivity index (χ4v) is 3.72. The number of allylic oxidation sites excluding steroid dienone is 2. The lowest BCUT2D eigenvalue weighted by atomic mass is 9.71. The Labute approximate surface area is 94.8 Å². The number of aliphatic hydroxyl groups is 1. The van der Waals surface area contributed by atoms with Crippen molar-refractivity contribution in [2.75, 3.05) is 6.61 Å². The molecular weight excluding hydrogens is 204 g/mol. The van der Waals surface area contributed by atoms with E-state index in [2.05, 4.69) is 18.2 Å². The van der Waals surface area contributed by atoms with Gasteiger partial charge < -0.3 is 9.84 Å². The van der Waals surface area contributed by atoms with Crippen LogP contribution in [0.15, 0.2) is 24.3 Å². The molecule has 0 aliphatic heterocycles. The van der Waals surface area contributed by atoms with Crippen LogP contribution in [-0.4, -0.2) is 23.8 Å². The number of carbonyl (C=O) groups excluding carboxylic acids is 1. The van der Waals surface area contributed by atoms with E-state index in [0.29, 0.717) is 18.4 Å². The van der Waals surface area contributed by atoms with Crippen LogP contribution in [0.1, 0.15) is 13.3 Å². The minimum atomic E-state index is -0.379. The highest BCUT2D eigenvalue weighted by Crippen LogP contribution is 2.60. The van der Waals surface area contributed by atoms with Crippen LogP contribution in [-0.2, 0) is 9.53 Å². The minimum Gasteiger partial charge on any atom is -0.465 e. The van der Waals surface area contributed by atoms with Crippen LogP contribution in [0.5, 0.6) is 0 Å². The zero-order chi connectivity index (χ0) is 11.3. The Bertz CT molecular complexity index is 385. The maximum absolute atomic E-state index is 10.9. The van der Waals surface area contributed by atoms with E-state index in [0.717, 1.165) is 6.42 Å². The molecule has 0 heterocycles. The maximum atomic E-state index is 10.9. The highest BCUT2D eigenvalue weighted by Gasteiger charge is 2.59. The van der Waals surface area contributed by atoms with E-state index < -0.39 is 0 Å². The van der Waals surface area contributed by atoms with Crippen LogP contribution in [0.2, 0.25) is 0 Å². The van der Waals surface area contributed by atoms with Gasteiger partial charge in [-0.1, -0.05) is 24.3 Å². The Morgan fingerprint density at radius 2 is 2.31 bits per heavy atom. The van der Waals surface area contributed by atoms with E-state index in [1.807, 2.05) is 6.08 Å². The smallest absolute Gasteiger partial charge is 0.302 e. The molecule has 3 rings (SSSR count). The van der Waals surface area contributed by atoms with Gasteiger partial charge in [-0.3, -0.25) is 4.79 Å². The first kappa shape index (κ1) is 10.1. The summed E-state index contributed by atoms with van der Waals surface area (Å²) in [6, 6.07) is 0. The predicted octanol–water partition coefficient (Wildman–Crippen LogP) is 1.29. The van der Waals surface area contributed by atoms with Gasteiger partial charge in [0.15, 0.2) is 0 Å². The fraction of sp³-hybridized carbons (Fsp3) is 0.615. The van der Waals surface area contributed by atoms with E-state index in [1.165, 1.54) is 6.92 Å². The van der Waals surface area contributed by atoms with Crippen molar-refractivity contribution >= 4 is 5.97 Å². The molecule has 0 saturated heterocycles. The molecule has 3 heteroatoms. The lowest BCUT2D eigenvalue weighted by molar-refractivity contribution is -0.145. The molecule has 3 aliphatic carbocycles. The van der Waals surface area contributed by atoms with E-state index in [4.69, 9.17) is 4.74 Å². The summed E-state index contributed by atoms with van der Waals surface area (Å²) in [7, 11) is 0. The van der Waals surface area contributed by atoms with Crippen LogP contribution in [0, 0.1) is 23.2 Å². The molecular formula is C13H16O3. The van der Waals surface area contributed by atoms with Crippen LogP contribution >= 0.6 is 0 Å². The van der Waals surface area contributed by atoms with Crippen molar-refractivity contribution in [3.63, 3.8) is 0 Å². The molecule has 0 aromatic rings. The zero-order valence-corrected chi connectivity index (χ0v) is 9.30. The molecule has 1 fully saturated rings. The second-order valence-corrected chi connectivity index (χ2v) is 5.16. The molecule has 0 spiro atoms. The first-order valence-corrected chi connectivity index (χ1v) is 5.82. The van der Waals surface area contributed by atoms with Gasteiger partial charge in [0, 0.05) is 18.3 Å². The topological polar surface area (TPSA) is 46.5 Å². The SMILES string of the molecule is CC(=O)OC[C@@]12C=CC(O)C1C1C=CC2C1. The lowest BCUT2D eigenvalue weighted by Crippen LogP contribution is -2.39. The van der Waals surface area contributed by atoms with Crippen molar-refractivity contribution in [3.8, 4) is 0 Å². The summed E-state index contributed by atoms with van der Waals surface area (Å²) in [5, 5.41) is 9.99. The summed E-state index contributed by atoms with van der Waals surface area (Å²) >= 11 is 0. The van der Waals surface area contributed by atoms with Gasteiger partial charge in [0.25, 0.3) is 0 Å².